The summed E-state index contributed by atoms with van der Waals surface area (Å²) < 4.78 is 27.0. The molecule has 18 heavy (non-hydrogen) atoms. The summed E-state index contributed by atoms with van der Waals surface area (Å²) in [6, 6.07) is 1.96. The Labute approximate surface area is 104 Å². The van der Waals surface area contributed by atoms with Crippen LogP contribution >= 0.6 is 0 Å². The number of nitrogens with two attached hydrogens (primary N) is 1. The van der Waals surface area contributed by atoms with Gasteiger partial charge in [-0.25, -0.2) is 8.78 Å². The first-order valence-corrected chi connectivity index (χ1v) is 5.85. The van der Waals surface area contributed by atoms with Crippen molar-refractivity contribution in [1.82, 2.24) is 0 Å². The van der Waals surface area contributed by atoms with Gasteiger partial charge in [0.15, 0.2) is 5.82 Å². The molecule has 98 valence electrons. The van der Waals surface area contributed by atoms with E-state index in [1.807, 2.05) is 0 Å². The van der Waals surface area contributed by atoms with Crippen LogP contribution < -0.4 is 16.0 Å². The molecule has 0 aliphatic carbocycles. The molecule has 1 aliphatic heterocycles. The number of nitrogens with one attached hydrogen (secondary N) is 1. The normalized spacial score (nSPS) is 15.1. The molecule has 2 rings (SSSR count). The van der Waals surface area contributed by atoms with Crippen molar-refractivity contribution in [2.24, 2.45) is 5.73 Å². The molecule has 0 atom stereocenters. The lowest BCUT2D eigenvalue weighted by atomic mass is 10.2. The van der Waals surface area contributed by atoms with E-state index < -0.39 is 11.6 Å². The molecule has 0 fully saturated rings. The van der Waals surface area contributed by atoms with Crippen LogP contribution in [-0.4, -0.2) is 25.5 Å². The van der Waals surface area contributed by atoms with Gasteiger partial charge in [0.1, 0.15) is 5.82 Å². The number of hydrogen-bond acceptors (Lipinski definition) is 3. The molecule has 0 bridgehead atoms. The number of anilines is 2. The predicted octanol–water partition coefficient (Wildman–Crippen LogP) is 1.46. The van der Waals surface area contributed by atoms with Crippen molar-refractivity contribution in [2.45, 2.75) is 12.8 Å². The predicted molar refractivity (Wildman–Crippen MR) is 65.5 cm³/mol. The highest BCUT2D eigenvalue weighted by Crippen LogP contribution is 2.32. The Morgan fingerprint density at radius 3 is 2.89 bits per heavy atom. The Morgan fingerprint density at radius 1 is 1.39 bits per heavy atom. The van der Waals surface area contributed by atoms with Gasteiger partial charge in [0, 0.05) is 25.6 Å². The van der Waals surface area contributed by atoms with Crippen LogP contribution in [0, 0.1) is 11.6 Å². The summed E-state index contributed by atoms with van der Waals surface area (Å²) >= 11 is 0. The minimum absolute atomic E-state index is 0.187. The second kappa shape index (κ2) is 5.30. The van der Waals surface area contributed by atoms with Crippen LogP contribution in [0.5, 0.6) is 0 Å². The molecule has 0 radical (unpaired) electrons. The second-order valence-corrected chi connectivity index (χ2v) is 4.21. The number of rotatable bonds is 3. The summed E-state index contributed by atoms with van der Waals surface area (Å²) in [5, 5.41) is 2.52. The number of benzene rings is 1. The quantitative estimate of drug-likeness (QED) is 0.859. The molecule has 0 saturated heterocycles. The average Bonchev–Trinajstić information content (AvgIpc) is 2.45. The maximum atomic E-state index is 13.9. The lowest BCUT2D eigenvalue weighted by Crippen LogP contribution is -2.28. The Balaban J connectivity index is 2.40. The van der Waals surface area contributed by atoms with Gasteiger partial charge in [-0.15, -0.1) is 0 Å². The van der Waals surface area contributed by atoms with E-state index in [1.54, 1.807) is 4.90 Å². The first-order chi connectivity index (χ1) is 8.61. The van der Waals surface area contributed by atoms with E-state index in [0.717, 1.165) is 12.1 Å². The molecule has 1 heterocycles. The van der Waals surface area contributed by atoms with Gasteiger partial charge in [-0.3, -0.25) is 4.79 Å². The fourth-order valence-electron chi connectivity index (χ4n) is 2.05. The average molecular weight is 255 g/mol. The fourth-order valence-corrected chi connectivity index (χ4v) is 2.05. The number of carbonyl (C=O) groups is 1. The van der Waals surface area contributed by atoms with Gasteiger partial charge in [-0.05, 0) is 19.0 Å². The van der Waals surface area contributed by atoms with Crippen LogP contribution in [0.4, 0.5) is 20.2 Å². The third-order valence-electron chi connectivity index (χ3n) is 2.86. The maximum Gasteiger partial charge on any atom is 0.226 e. The van der Waals surface area contributed by atoms with Crippen molar-refractivity contribution in [3.05, 3.63) is 23.8 Å². The SMILES string of the molecule is NCCCN1CCC(=O)Nc2cc(F)cc(F)c21. The van der Waals surface area contributed by atoms with Gasteiger partial charge < -0.3 is 16.0 Å². The third-order valence-corrected chi connectivity index (χ3v) is 2.86. The Morgan fingerprint density at radius 2 is 2.17 bits per heavy atom. The minimum Gasteiger partial charge on any atom is -0.367 e. The van der Waals surface area contributed by atoms with Crippen LogP contribution in [0.1, 0.15) is 12.8 Å². The summed E-state index contributed by atoms with van der Waals surface area (Å²) in [5.41, 5.74) is 5.86. The number of fused-ring (bicyclic) bond motifs is 1. The zero-order chi connectivity index (χ0) is 13.1. The smallest absolute Gasteiger partial charge is 0.226 e. The largest absolute Gasteiger partial charge is 0.367 e. The summed E-state index contributed by atoms with van der Waals surface area (Å²) in [7, 11) is 0. The zero-order valence-corrected chi connectivity index (χ0v) is 9.88. The lowest BCUT2D eigenvalue weighted by Gasteiger charge is -2.24. The van der Waals surface area contributed by atoms with Crippen molar-refractivity contribution in [3.63, 3.8) is 0 Å². The molecule has 0 spiro atoms. The molecule has 3 N–H and O–H groups in total. The summed E-state index contributed by atoms with van der Waals surface area (Å²) in [5.74, 6) is -1.60. The van der Waals surface area contributed by atoms with Crippen molar-refractivity contribution in [1.29, 1.82) is 0 Å². The van der Waals surface area contributed by atoms with Crippen LogP contribution in [0.3, 0.4) is 0 Å². The number of amides is 1. The van der Waals surface area contributed by atoms with E-state index in [0.29, 0.717) is 26.1 Å². The van der Waals surface area contributed by atoms with Crippen LogP contribution in [0.15, 0.2) is 12.1 Å². The zero-order valence-electron chi connectivity index (χ0n) is 9.88. The van der Waals surface area contributed by atoms with E-state index in [4.69, 9.17) is 5.73 Å². The summed E-state index contributed by atoms with van der Waals surface area (Å²) in [4.78, 5) is 13.2. The van der Waals surface area contributed by atoms with Gasteiger partial charge in [0.25, 0.3) is 0 Å². The number of nitrogens with zero attached hydrogens (tertiary/aromatic N) is 1. The molecule has 0 unspecified atom stereocenters. The molecular weight excluding hydrogens is 240 g/mol. The van der Waals surface area contributed by atoms with Crippen molar-refractivity contribution >= 4 is 17.3 Å². The summed E-state index contributed by atoms with van der Waals surface area (Å²) in [6.45, 7) is 1.43. The highest BCUT2D eigenvalue weighted by Gasteiger charge is 2.23. The molecule has 1 aromatic rings. The molecule has 1 aromatic carbocycles. The fraction of sp³-hybridized carbons (Fsp3) is 0.417. The first kappa shape index (κ1) is 12.8. The minimum atomic E-state index is -0.702. The number of halogens is 2. The van der Waals surface area contributed by atoms with Gasteiger partial charge in [0.2, 0.25) is 5.91 Å². The third kappa shape index (κ3) is 2.59. The van der Waals surface area contributed by atoms with Crippen molar-refractivity contribution < 1.29 is 13.6 Å². The molecule has 1 aliphatic rings. The Bertz CT molecular complexity index is 465. The highest BCUT2D eigenvalue weighted by atomic mass is 19.1. The van der Waals surface area contributed by atoms with Crippen LogP contribution in [0.25, 0.3) is 0 Å². The van der Waals surface area contributed by atoms with Gasteiger partial charge in [0.05, 0.1) is 11.4 Å². The van der Waals surface area contributed by atoms with E-state index in [9.17, 15) is 13.6 Å². The van der Waals surface area contributed by atoms with Gasteiger partial charge in [-0.2, -0.15) is 0 Å². The topological polar surface area (TPSA) is 58.4 Å². The van der Waals surface area contributed by atoms with Gasteiger partial charge in [-0.1, -0.05) is 0 Å². The molecule has 6 heteroatoms. The number of hydrogen-bond donors (Lipinski definition) is 2. The Kier molecular flexibility index (Phi) is 3.76. The van der Waals surface area contributed by atoms with Crippen LogP contribution in [0.2, 0.25) is 0 Å². The summed E-state index contributed by atoms with van der Waals surface area (Å²) in [6.07, 6.45) is 0.935. The second-order valence-electron chi connectivity index (χ2n) is 4.21. The van der Waals surface area contributed by atoms with Crippen LogP contribution in [-0.2, 0) is 4.79 Å². The van der Waals surface area contributed by atoms with Crippen molar-refractivity contribution in [2.75, 3.05) is 29.9 Å². The first-order valence-electron chi connectivity index (χ1n) is 5.85. The van der Waals surface area contributed by atoms with Gasteiger partial charge >= 0.3 is 0 Å². The number of carbonyl (C=O) groups excluding carboxylic acids is 1. The molecule has 0 saturated carbocycles. The van der Waals surface area contributed by atoms with E-state index in [1.165, 1.54) is 0 Å². The van der Waals surface area contributed by atoms with E-state index in [-0.39, 0.29) is 23.7 Å². The molecular formula is C12H15F2N3O. The lowest BCUT2D eigenvalue weighted by molar-refractivity contribution is -0.115. The molecule has 0 aromatic heterocycles. The maximum absolute atomic E-state index is 13.9. The highest BCUT2D eigenvalue weighted by molar-refractivity contribution is 5.96. The molecule has 4 nitrogen and oxygen atoms in total. The monoisotopic (exact) mass is 255 g/mol. The standard InChI is InChI=1S/C12H15F2N3O/c13-8-6-9(14)12-10(7-8)16-11(18)2-5-17(12)4-1-3-15/h6-7H,1-5,15H2,(H,16,18). The van der Waals surface area contributed by atoms with Crippen molar-refractivity contribution in [3.8, 4) is 0 Å². The molecule has 1 amide bonds. The Hall–Kier alpha value is -1.69. The van der Waals surface area contributed by atoms with E-state index >= 15 is 0 Å². The van der Waals surface area contributed by atoms with E-state index in [2.05, 4.69) is 5.32 Å².